The van der Waals surface area contributed by atoms with Crippen LogP contribution in [-0.2, 0) is 0 Å². The third-order valence-electron chi connectivity index (χ3n) is 3.58. The molecule has 0 unspecified atom stereocenters. The molecular formula is C16H18N4O. The van der Waals surface area contributed by atoms with Crippen molar-refractivity contribution in [3.8, 4) is 11.3 Å². The molecule has 0 bridgehead atoms. The van der Waals surface area contributed by atoms with Crippen LogP contribution in [0.2, 0.25) is 0 Å². The fourth-order valence-electron chi connectivity index (χ4n) is 2.40. The van der Waals surface area contributed by atoms with Crippen molar-refractivity contribution in [3.63, 3.8) is 0 Å². The van der Waals surface area contributed by atoms with Gasteiger partial charge in [-0.1, -0.05) is 42.0 Å². The van der Waals surface area contributed by atoms with Gasteiger partial charge in [-0.3, -0.25) is 9.89 Å². The quantitative estimate of drug-likeness (QED) is 0.748. The predicted octanol–water partition coefficient (Wildman–Crippen LogP) is 1.73. The zero-order valence-electron chi connectivity index (χ0n) is 11.7. The van der Waals surface area contributed by atoms with Crippen molar-refractivity contribution in [2.45, 2.75) is 6.42 Å². The van der Waals surface area contributed by atoms with Crippen molar-refractivity contribution >= 4 is 5.91 Å². The van der Waals surface area contributed by atoms with E-state index in [2.05, 4.69) is 26.9 Å². The molecule has 1 amide bonds. The first kappa shape index (κ1) is 13.6. The van der Waals surface area contributed by atoms with Gasteiger partial charge in [0.15, 0.2) is 0 Å². The summed E-state index contributed by atoms with van der Waals surface area (Å²) in [6.07, 6.45) is 4.70. The first-order valence-corrected chi connectivity index (χ1v) is 7.10. The van der Waals surface area contributed by atoms with E-state index in [9.17, 15) is 4.79 Å². The van der Waals surface area contributed by atoms with Gasteiger partial charge in [-0.25, -0.2) is 0 Å². The number of hydrogen-bond donors (Lipinski definition) is 3. The van der Waals surface area contributed by atoms with E-state index >= 15 is 0 Å². The van der Waals surface area contributed by atoms with Crippen LogP contribution in [0.1, 0.15) is 16.8 Å². The molecule has 1 aliphatic rings. The molecule has 2 heterocycles. The van der Waals surface area contributed by atoms with Crippen LogP contribution in [0.3, 0.4) is 0 Å². The third-order valence-corrected chi connectivity index (χ3v) is 3.58. The molecule has 0 aliphatic carbocycles. The molecule has 21 heavy (non-hydrogen) atoms. The monoisotopic (exact) mass is 282 g/mol. The fraction of sp³-hybridized carbons (Fsp3) is 0.250. The molecule has 108 valence electrons. The summed E-state index contributed by atoms with van der Waals surface area (Å²) >= 11 is 0. The average molecular weight is 282 g/mol. The summed E-state index contributed by atoms with van der Waals surface area (Å²) in [5, 5.41) is 13.1. The molecule has 1 aromatic heterocycles. The Bertz CT molecular complexity index is 645. The lowest BCUT2D eigenvalue weighted by Gasteiger charge is -2.14. The molecular weight excluding hydrogens is 264 g/mol. The van der Waals surface area contributed by atoms with E-state index in [-0.39, 0.29) is 5.91 Å². The summed E-state index contributed by atoms with van der Waals surface area (Å²) in [5.74, 6) is -0.0953. The molecule has 5 nitrogen and oxygen atoms in total. The largest absolute Gasteiger partial charge is 0.348 e. The van der Waals surface area contributed by atoms with Crippen molar-refractivity contribution < 1.29 is 4.79 Å². The molecule has 1 aromatic carbocycles. The lowest BCUT2D eigenvalue weighted by atomic mass is 10.1. The molecule has 3 rings (SSSR count). The standard InChI is InChI=1S/C16H18N4O/c21-16(18-10-12-6-8-17-9-7-12)14-11-19-20-15(14)13-4-2-1-3-5-13/h1-6,11,17H,7-10H2,(H,18,21)(H,19,20). The first-order chi connectivity index (χ1) is 10.3. The van der Waals surface area contributed by atoms with Crippen LogP contribution in [0.4, 0.5) is 0 Å². The predicted molar refractivity (Wildman–Crippen MR) is 81.9 cm³/mol. The number of carbonyl (C=O) groups excluding carboxylic acids is 1. The van der Waals surface area contributed by atoms with Gasteiger partial charge in [0.2, 0.25) is 0 Å². The lowest BCUT2D eigenvalue weighted by molar-refractivity contribution is 0.0957. The fourth-order valence-corrected chi connectivity index (χ4v) is 2.40. The van der Waals surface area contributed by atoms with Crippen LogP contribution in [0.15, 0.2) is 48.2 Å². The van der Waals surface area contributed by atoms with Gasteiger partial charge < -0.3 is 10.6 Å². The maximum atomic E-state index is 12.3. The van der Waals surface area contributed by atoms with Crippen LogP contribution in [0.5, 0.6) is 0 Å². The van der Waals surface area contributed by atoms with Gasteiger partial charge in [0, 0.05) is 18.7 Å². The Morgan fingerprint density at radius 2 is 2.14 bits per heavy atom. The van der Waals surface area contributed by atoms with Gasteiger partial charge in [-0.05, 0) is 13.0 Å². The lowest BCUT2D eigenvalue weighted by Crippen LogP contribution is -2.29. The van der Waals surface area contributed by atoms with E-state index in [1.165, 1.54) is 5.57 Å². The Hall–Kier alpha value is -2.40. The number of benzene rings is 1. The van der Waals surface area contributed by atoms with Crippen molar-refractivity contribution in [2.24, 2.45) is 0 Å². The number of aromatic nitrogens is 2. The molecule has 5 heteroatoms. The smallest absolute Gasteiger partial charge is 0.255 e. The molecule has 0 spiro atoms. The third kappa shape index (κ3) is 3.20. The van der Waals surface area contributed by atoms with E-state index in [0.717, 1.165) is 30.8 Å². The second kappa shape index (κ2) is 6.37. The van der Waals surface area contributed by atoms with E-state index in [1.54, 1.807) is 6.20 Å². The van der Waals surface area contributed by atoms with Crippen molar-refractivity contribution in [1.29, 1.82) is 0 Å². The van der Waals surface area contributed by atoms with Crippen molar-refractivity contribution in [1.82, 2.24) is 20.8 Å². The Morgan fingerprint density at radius 3 is 2.90 bits per heavy atom. The average Bonchev–Trinajstić information content (AvgIpc) is 3.04. The molecule has 0 saturated carbocycles. The van der Waals surface area contributed by atoms with Crippen LogP contribution >= 0.6 is 0 Å². The Labute approximate surface area is 123 Å². The zero-order chi connectivity index (χ0) is 14.5. The van der Waals surface area contributed by atoms with Gasteiger partial charge in [0.05, 0.1) is 17.5 Å². The number of carbonyl (C=O) groups is 1. The SMILES string of the molecule is O=C(NCC1=CCNCC1)c1cn[nH]c1-c1ccccc1. The summed E-state index contributed by atoms with van der Waals surface area (Å²) < 4.78 is 0. The van der Waals surface area contributed by atoms with Gasteiger partial charge in [-0.15, -0.1) is 0 Å². The molecule has 2 aromatic rings. The topological polar surface area (TPSA) is 69.8 Å². The highest BCUT2D eigenvalue weighted by Gasteiger charge is 2.15. The summed E-state index contributed by atoms with van der Waals surface area (Å²) in [5.41, 5.74) is 3.57. The van der Waals surface area contributed by atoms with Crippen LogP contribution in [0, 0.1) is 0 Å². The molecule has 1 aliphatic heterocycles. The molecule has 0 fully saturated rings. The second-order valence-corrected chi connectivity index (χ2v) is 5.02. The Morgan fingerprint density at radius 1 is 1.29 bits per heavy atom. The van der Waals surface area contributed by atoms with Crippen LogP contribution < -0.4 is 10.6 Å². The van der Waals surface area contributed by atoms with Gasteiger partial charge in [0.1, 0.15) is 0 Å². The minimum Gasteiger partial charge on any atom is -0.348 e. The molecule has 3 N–H and O–H groups in total. The van der Waals surface area contributed by atoms with Crippen LogP contribution in [-0.4, -0.2) is 35.7 Å². The summed E-state index contributed by atoms with van der Waals surface area (Å²) in [4.78, 5) is 12.3. The van der Waals surface area contributed by atoms with E-state index in [1.807, 2.05) is 30.3 Å². The Balaban J connectivity index is 1.71. The van der Waals surface area contributed by atoms with Crippen molar-refractivity contribution in [3.05, 3.63) is 53.7 Å². The highest BCUT2D eigenvalue weighted by molar-refractivity contribution is 5.99. The Kier molecular flexibility index (Phi) is 4.12. The van der Waals surface area contributed by atoms with Gasteiger partial charge in [-0.2, -0.15) is 5.10 Å². The van der Waals surface area contributed by atoms with Gasteiger partial charge >= 0.3 is 0 Å². The van der Waals surface area contributed by atoms with E-state index in [0.29, 0.717) is 12.1 Å². The number of amides is 1. The number of H-pyrrole nitrogens is 1. The van der Waals surface area contributed by atoms with E-state index < -0.39 is 0 Å². The highest BCUT2D eigenvalue weighted by Crippen LogP contribution is 2.20. The summed E-state index contributed by atoms with van der Waals surface area (Å²) in [7, 11) is 0. The van der Waals surface area contributed by atoms with Gasteiger partial charge in [0.25, 0.3) is 5.91 Å². The minimum absolute atomic E-state index is 0.0953. The zero-order valence-corrected chi connectivity index (χ0v) is 11.7. The number of hydrogen-bond acceptors (Lipinski definition) is 3. The minimum atomic E-state index is -0.0953. The number of rotatable bonds is 4. The number of nitrogens with one attached hydrogen (secondary N) is 3. The maximum absolute atomic E-state index is 12.3. The summed E-state index contributed by atoms with van der Waals surface area (Å²) in [6.45, 7) is 2.45. The number of nitrogens with zero attached hydrogens (tertiary/aromatic N) is 1. The molecule has 0 saturated heterocycles. The normalized spacial score (nSPS) is 14.6. The summed E-state index contributed by atoms with van der Waals surface area (Å²) in [6, 6.07) is 9.75. The molecule has 0 radical (unpaired) electrons. The van der Waals surface area contributed by atoms with Crippen LogP contribution in [0.25, 0.3) is 11.3 Å². The highest BCUT2D eigenvalue weighted by atomic mass is 16.1. The number of aromatic amines is 1. The maximum Gasteiger partial charge on any atom is 0.255 e. The second-order valence-electron chi connectivity index (χ2n) is 5.02. The molecule has 0 atom stereocenters. The van der Waals surface area contributed by atoms with E-state index in [4.69, 9.17) is 0 Å². The first-order valence-electron chi connectivity index (χ1n) is 7.10. The van der Waals surface area contributed by atoms with Crippen molar-refractivity contribution in [2.75, 3.05) is 19.6 Å².